The maximum Gasteiger partial charge on any atom is 0.256 e. The van der Waals surface area contributed by atoms with Crippen molar-refractivity contribution in [1.29, 1.82) is 0 Å². The molecule has 2 aromatic rings. The fraction of sp³-hybridized carbons (Fsp3) is 0.429. The lowest BCUT2D eigenvalue weighted by Crippen LogP contribution is -2.26. The predicted molar refractivity (Wildman–Crippen MR) is 115 cm³/mol. The average Bonchev–Trinajstić information content (AvgIpc) is 3.31. The highest BCUT2D eigenvalue weighted by Crippen LogP contribution is 2.36. The third kappa shape index (κ3) is 4.26. The van der Waals surface area contributed by atoms with Gasteiger partial charge in [-0.1, -0.05) is 24.4 Å². The molecule has 1 aliphatic heterocycles. The van der Waals surface area contributed by atoms with Crippen molar-refractivity contribution in [2.24, 2.45) is 0 Å². The molecule has 1 aromatic heterocycles. The molecule has 1 saturated heterocycles. The van der Waals surface area contributed by atoms with Gasteiger partial charge < -0.3 is 5.32 Å². The van der Waals surface area contributed by atoms with E-state index in [1.165, 1.54) is 17.1 Å². The number of nitrogens with one attached hydrogen (secondary N) is 1. The van der Waals surface area contributed by atoms with Crippen molar-refractivity contribution in [3.8, 4) is 0 Å². The molecule has 1 saturated carbocycles. The summed E-state index contributed by atoms with van der Waals surface area (Å²) in [5, 5.41) is 3.52. The van der Waals surface area contributed by atoms with Crippen LogP contribution in [0.25, 0.3) is 0 Å². The van der Waals surface area contributed by atoms with Crippen LogP contribution in [0.3, 0.4) is 0 Å². The lowest BCUT2D eigenvalue weighted by molar-refractivity contribution is 0.102. The maximum absolute atomic E-state index is 13.0. The molecule has 29 heavy (non-hydrogen) atoms. The number of rotatable bonds is 4. The van der Waals surface area contributed by atoms with Gasteiger partial charge in [-0.25, -0.2) is 13.4 Å². The quantitative estimate of drug-likeness (QED) is 0.770. The molecule has 1 aromatic carbocycles. The summed E-state index contributed by atoms with van der Waals surface area (Å²) in [5.74, 6) is 0.577. The van der Waals surface area contributed by atoms with Crippen LogP contribution in [0.4, 0.5) is 11.5 Å². The van der Waals surface area contributed by atoms with E-state index in [4.69, 9.17) is 11.6 Å². The van der Waals surface area contributed by atoms with Crippen LogP contribution in [-0.2, 0) is 10.0 Å². The molecule has 2 aliphatic rings. The van der Waals surface area contributed by atoms with Gasteiger partial charge in [-0.3, -0.25) is 9.10 Å². The van der Waals surface area contributed by atoms with E-state index in [1.807, 2.05) is 12.1 Å². The van der Waals surface area contributed by atoms with Gasteiger partial charge in [0.1, 0.15) is 5.82 Å². The minimum Gasteiger partial charge on any atom is -0.322 e. The number of aryl methyl sites for hydroxylation is 1. The van der Waals surface area contributed by atoms with Gasteiger partial charge >= 0.3 is 0 Å². The highest BCUT2D eigenvalue weighted by molar-refractivity contribution is 7.93. The van der Waals surface area contributed by atoms with Crippen molar-refractivity contribution in [2.45, 2.75) is 44.9 Å². The highest BCUT2D eigenvalue weighted by atomic mass is 35.5. The first-order valence-electron chi connectivity index (χ1n) is 9.92. The van der Waals surface area contributed by atoms with Crippen LogP contribution in [0.1, 0.15) is 59.5 Å². The summed E-state index contributed by atoms with van der Waals surface area (Å²) >= 11 is 6.30. The molecular weight excluding hydrogens is 410 g/mol. The number of aromatic nitrogens is 1. The number of halogens is 1. The Morgan fingerprint density at radius 2 is 1.93 bits per heavy atom. The van der Waals surface area contributed by atoms with Crippen LogP contribution in [0, 0.1) is 6.92 Å². The second-order valence-corrected chi connectivity index (χ2v) is 10.3. The number of carbonyl (C=O) groups excluding carboxylic acids is 1. The van der Waals surface area contributed by atoms with Crippen molar-refractivity contribution < 1.29 is 13.2 Å². The minimum atomic E-state index is -3.35. The van der Waals surface area contributed by atoms with Crippen molar-refractivity contribution in [3.05, 3.63) is 52.2 Å². The SMILES string of the molecule is Cc1cnc(N2CCCS2(=O)=O)cc1C(=O)Nc1cc(Cl)cc(C2CCCC2)c1. The number of amides is 1. The molecule has 2 fully saturated rings. The van der Waals surface area contributed by atoms with Gasteiger partial charge in [0.2, 0.25) is 10.0 Å². The van der Waals surface area contributed by atoms with Crippen LogP contribution in [0.5, 0.6) is 0 Å². The Morgan fingerprint density at radius 1 is 1.17 bits per heavy atom. The normalized spacial score (nSPS) is 18.9. The third-order valence-electron chi connectivity index (χ3n) is 5.69. The molecule has 1 N–H and O–H groups in total. The number of nitrogens with zero attached hydrogens (tertiary/aromatic N) is 2. The maximum atomic E-state index is 13.0. The monoisotopic (exact) mass is 433 g/mol. The summed E-state index contributed by atoms with van der Waals surface area (Å²) in [6.45, 7) is 2.17. The van der Waals surface area contributed by atoms with E-state index in [0.717, 1.165) is 18.4 Å². The van der Waals surface area contributed by atoms with Gasteiger partial charge in [-0.15, -0.1) is 0 Å². The average molecular weight is 434 g/mol. The van der Waals surface area contributed by atoms with E-state index in [9.17, 15) is 13.2 Å². The smallest absolute Gasteiger partial charge is 0.256 e. The van der Waals surface area contributed by atoms with E-state index in [-0.39, 0.29) is 17.5 Å². The predicted octanol–water partition coefficient (Wildman–Crippen LogP) is 4.49. The third-order valence-corrected chi connectivity index (χ3v) is 7.76. The van der Waals surface area contributed by atoms with E-state index < -0.39 is 10.0 Å². The molecule has 4 rings (SSSR count). The molecule has 154 valence electrons. The van der Waals surface area contributed by atoms with Gasteiger partial charge in [0.25, 0.3) is 5.91 Å². The van der Waals surface area contributed by atoms with Crippen LogP contribution < -0.4 is 9.62 Å². The zero-order valence-corrected chi connectivity index (χ0v) is 17.9. The van der Waals surface area contributed by atoms with Gasteiger partial charge in [-0.05, 0) is 67.5 Å². The first-order valence-corrected chi connectivity index (χ1v) is 11.9. The molecule has 6 nitrogen and oxygen atoms in total. The first kappa shape index (κ1) is 20.2. The zero-order chi connectivity index (χ0) is 20.6. The highest BCUT2D eigenvalue weighted by Gasteiger charge is 2.30. The summed E-state index contributed by atoms with van der Waals surface area (Å²) in [6.07, 6.45) is 6.83. The van der Waals surface area contributed by atoms with Gasteiger partial charge in [0, 0.05) is 29.0 Å². The van der Waals surface area contributed by atoms with Crippen molar-refractivity contribution >= 4 is 39.0 Å². The standard InChI is InChI=1S/C21H24ClN3O3S/c1-14-13-23-20(25-7-4-8-29(25,27)28)12-19(14)21(26)24-18-10-16(9-17(22)11-18)15-5-2-3-6-15/h9-13,15H,2-8H2,1H3,(H,24,26). The fourth-order valence-electron chi connectivity index (χ4n) is 4.17. The lowest BCUT2D eigenvalue weighted by Gasteiger charge is -2.17. The Kier molecular flexibility index (Phi) is 5.53. The Bertz CT molecular complexity index is 1050. The molecule has 0 unspecified atom stereocenters. The minimum absolute atomic E-state index is 0.108. The van der Waals surface area contributed by atoms with Crippen LogP contribution in [0.2, 0.25) is 5.02 Å². The lowest BCUT2D eigenvalue weighted by atomic mass is 9.97. The number of anilines is 2. The second kappa shape index (κ2) is 7.95. The number of hydrogen-bond donors (Lipinski definition) is 1. The Hall–Kier alpha value is -2.12. The molecular formula is C21H24ClN3O3S. The number of pyridine rings is 1. The Labute approximate surface area is 176 Å². The van der Waals surface area contributed by atoms with E-state index in [2.05, 4.69) is 10.3 Å². The Balaban J connectivity index is 1.59. The molecule has 0 bridgehead atoms. The van der Waals surface area contributed by atoms with E-state index >= 15 is 0 Å². The van der Waals surface area contributed by atoms with Crippen molar-refractivity contribution in [2.75, 3.05) is 21.9 Å². The van der Waals surface area contributed by atoms with Gasteiger partial charge in [-0.2, -0.15) is 0 Å². The number of sulfonamides is 1. The van der Waals surface area contributed by atoms with Crippen LogP contribution in [0.15, 0.2) is 30.5 Å². The molecule has 1 amide bonds. The van der Waals surface area contributed by atoms with E-state index in [1.54, 1.807) is 25.3 Å². The summed E-state index contributed by atoms with van der Waals surface area (Å²) in [5.41, 5.74) is 2.89. The van der Waals surface area contributed by atoms with Crippen molar-refractivity contribution in [3.63, 3.8) is 0 Å². The first-order chi connectivity index (χ1) is 13.8. The van der Waals surface area contributed by atoms with Crippen LogP contribution >= 0.6 is 11.6 Å². The van der Waals surface area contributed by atoms with Gasteiger partial charge in [0.15, 0.2) is 0 Å². The topological polar surface area (TPSA) is 79.4 Å². The molecule has 8 heteroatoms. The van der Waals surface area contributed by atoms with Crippen LogP contribution in [-0.4, -0.2) is 31.6 Å². The molecule has 0 atom stereocenters. The largest absolute Gasteiger partial charge is 0.322 e. The summed E-state index contributed by atoms with van der Waals surface area (Å²) < 4.78 is 25.7. The molecule has 1 aliphatic carbocycles. The molecule has 0 radical (unpaired) electrons. The molecule has 2 heterocycles. The molecule has 0 spiro atoms. The Morgan fingerprint density at radius 3 is 2.62 bits per heavy atom. The summed E-state index contributed by atoms with van der Waals surface area (Å²) in [4.78, 5) is 17.2. The van der Waals surface area contributed by atoms with Crippen molar-refractivity contribution in [1.82, 2.24) is 4.98 Å². The van der Waals surface area contributed by atoms with Gasteiger partial charge in [0.05, 0.1) is 5.75 Å². The number of hydrogen-bond acceptors (Lipinski definition) is 4. The second-order valence-electron chi connectivity index (χ2n) is 7.81. The summed E-state index contributed by atoms with van der Waals surface area (Å²) in [6, 6.07) is 7.25. The summed E-state index contributed by atoms with van der Waals surface area (Å²) in [7, 11) is -3.35. The van der Waals surface area contributed by atoms with E-state index in [0.29, 0.717) is 40.7 Å². The number of benzene rings is 1. The fourth-order valence-corrected chi connectivity index (χ4v) is 5.92. The number of carbonyl (C=O) groups is 1. The zero-order valence-electron chi connectivity index (χ0n) is 16.3.